The minimum absolute atomic E-state index is 0.0148. The van der Waals surface area contributed by atoms with Crippen LogP contribution in [-0.4, -0.2) is 82.5 Å². The van der Waals surface area contributed by atoms with Crippen LogP contribution >= 0.6 is 34.8 Å². The van der Waals surface area contributed by atoms with Gasteiger partial charge in [0.05, 0.1) is 47.8 Å². The number of anilines is 1. The molecular formula is C28H31Cl3N6O4. The molecule has 1 aromatic heterocycles. The standard InChI is InChI=1S/C28H31Cl3N6O4/c1-16-11-34(28(39)18-7-26(38)36(13-18)24-10-21(40-3)5-6-25(24)41-4)12-17(2)35(16)14-20-15-37(33-32-20)27-22(30)8-19(29)9-23(27)31/h5-6,8-10,15-18H,7,11-14H2,1-4H3/t16-,17+,18?. The SMILES string of the molecule is COc1ccc(OC)c(N2CC(C(=O)N3C[C@@H](C)N(Cc4cn(-c5c(Cl)cc(Cl)cc5Cl)nn4)[C@@H](C)C3)CC2=O)c1. The molecule has 5 rings (SSSR count). The summed E-state index contributed by atoms with van der Waals surface area (Å²) in [5.74, 6) is 0.609. The Morgan fingerprint density at radius 2 is 1.68 bits per heavy atom. The molecule has 0 spiro atoms. The number of carbonyl (C=O) groups is 2. The Morgan fingerprint density at radius 1 is 1.00 bits per heavy atom. The molecule has 0 N–H and O–H groups in total. The number of benzene rings is 2. The normalized spacial score (nSPS) is 21.4. The topological polar surface area (TPSA) is 93.0 Å². The Kier molecular flexibility index (Phi) is 8.65. The number of carbonyl (C=O) groups excluding carboxylic acids is 2. The molecule has 41 heavy (non-hydrogen) atoms. The summed E-state index contributed by atoms with van der Waals surface area (Å²) in [5, 5.41) is 9.74. The number of hydrogen-bond acceptors (Lipinski definition) is 7. The molecule has 1 unspecified atom stereocenters. The maximum absolute atomic E-state index is 13.6. The van der Waals surface area contributed by atoms with Gasteiger partial charge in [-0.3, -0.25) is 14.5 Å². The molecule has 2 amide bonds. The zero-order valence-electron chi connectivity index (χ0n) is 23.2. The fourth-order valence-electron chi connectivity index (χ4n) is 5.64. The first kappa shape index (κ1) is 29.4. The van der Waals surface area contributed by atoms with Crippen molar-refractivity contribution in [3.8, 4) is 17.2 Å². The maximum Gasteiger partial charge on any atom is 0.228 e. The number of hydrogen-bond donors (Lipinski definition) is 0. The first-order valence-corrected chi connectivity index (χ1v) is 14.4. The molecule has 3 heterocycles. The van der Waals surface area contributed by atoms with Crippen molar-refractivity contribution in [2.24, 2.45) is 5.92 Å². The van der Waals surface area contributed by atoms with Crippen LogP contribution in [0, 0.1) is 5.92 Å². The predicted octanol–water partition coefficient (Wildman–Crippen LogP) is 4.72. The van der Waals surface area contributed by atoms with Crippen LogP contribution in [0.1, 0.15) is 26.0 Å². The van der Waals surface area contributed by atoms with Crippen LogP contribution in [-0.2, 0) is 16.1 Å². The number of ether oxygens (including phenoxy) is 2. The predicted molar refractivity (Wildman–Crippen MR) is 157 cm³/mol. The molecule has 0 radical (unpaired) electrons. The number of halogens is 3. The van der Waals surface area contributed by atoms with Crippen LogP contribution in [0.25, 0.3) is 5.69 Å². The largest absolute Gasteiger partial charge is 0.497 e. The molecule has 2 aromatic carbocycles. The molecule has 3 atom stereocenters. The quantitative estimate of drug-likeness (QED) is 0.377. The molecule has 10 nitrogen and oxygen atoms in total. The summed E-state index contributed by atoms with van der Waals surface area (Å²) in [5.41, 5.74) is 1.86. The third kappa shape index (κ3) is 5.97. The number of rotatable bonds is 7. The summed E-state index contributed by atoms with van der Waals surface area (Å²) in [4.78, 5) is 32.4. The van der Waals surface area contributed by atoms with Crippen molar-refractivity contribution in [1.82, 2.24) is 24.8 Å². The number of aromatic nitrogens is 3. The number of amides is 2. The highest BCUT2D eigenvalue weighted by Crippen LogP contribution is 2.37. The van der Waals surface area contributed by atoms with Gasteiger partial charge in [0, 0.05) is 55.8 Å². The Hall–Kier alpha value is -3.05. The van der Waals surface area contributed by atoms with Gasteiger partial charge in [0.1, 0.15) is 17.2 Å². The first-order chi connectivity index (χ1) is 19.6. The van der Waals surface area contributed by atoms with Gasteiger partial charge in [0.15, 0.2) is 0 Å². The van der Waals surface area contributed by atoms with Crippen molar-refractivity contribution in [3.05, 3.63) is 57.3 Å². The molecule has 218 valence electrons. The monoisotopic (exact) mass is 620 g/mol. The van der Waals surface area contributed by atoms with E-state index in [2.05, 4.69) is 29.1 Å². The van der Waals surface area contributed by atoms with Crippen LogP contribution in [0.5, 0.6) is 11.5 Å². The van der Waals surface area contributed by atoms with Crippen LogP contribution < -0.4 is 14.4 Å². The lowest BCUT2D eigenvalue weighted by molar-refractivity contribution is -0.140. The summed E-state index contributed by atoms with van der Waals surface area (Å²) in [7, 11) is 3.12. The van der Waals surface area contributed by atoms with E-state index in [-0.39, 0.29) is 30.3 Å². The summed E-state index contributed by atoms with van der Waals surface area (Å²) in [6.45, 7) is 6.08. The summed E-state index contributed by atoms with van der Waals surface area (Å²) < 4.78 is 12.4. The van der Waals surface area contributed by atoms with Crippen molar-refractivity contribution in [2.75, 3.05) is 38.8 Å². The van der Waals surface area contributed by atoms with E-state index in [0.717, 1.165) is 5.69 Å². The Balaban J connectivity index is 1.24. The highest BCUT2D eigenvalue weighted by Gasteiger charge is 2.41. The van der Waals surface area contributed by atoms with E-state index in [9.17, 15) is 9.59 Å². The molecule has 2 aliphatic rings. The minimum Gasteiger partial charge on any atom is -0.497 e. The van der Waals surface area contributed by atoms with Crippen molar-refractivity contribution in [1.29, 1.82) is 0 Å². The lowest BCUT2D eigenvalue weighted by atomic mass is 10.0. The summed E-state index contributed by atoms with van der Waals surface area (Å²) in [6, 6.07) is 8.63. The van der Waals surface area contributed by atoms with Crippen LogP contribution in [0.2, 0.25) is 15.1 Å². The van der Waals surface area contributed by atoms with Crippen molar-refractivity contribution < 1.29 is 19.1 Å². The van der Waals surface area contributed by atoms with Crippen LogP contribution in [0.4, 0.5) is 5.69 Å². The summed E-state index contributed by atoms with van der Waals surface area (Å²) in [6.07, 6.45) is 1.95. The van der Waals surface area contributed by atoms with E-state index in [1.807, 2.05) is 4.90 Å². The molecule has 2 saturated heterocycles. The van der Waals surface area contributed by atoms with Crippen molar-refractivity contribution in [3.63, 3.8) is 0 Å². The first-order valence-electron chi connectivity index (χ1n) is 13.2. The van der Waals surface area contributed by atoms with Gasteiger partial charge in [-0.25, -0.2) is 4.68 Å². The van der Waals surface area contributed by atoms with E-state index >= 15 is 0 Å². The van der Waals surface area contributed by atoms with Crippen molar-refractivity contribution >= 4 is 52.3 Å². The van der Waals surface area contributed by atoms with Gasteiger partial charge in [-0.15, -0.1) is 5.10 Å². The maximum atomic E-state index is 13.6. The molecule has 0 bridgehead atoms. The second-order valence-electron chi connectivity index (χ2n) is 10.4. The number of nitrogens with zero attached hydrogens (tertiary/aromatic N) is 6. The molecular weight excluding hydrogens is 591 g/mol. The Bertz CT molecular complexity index is 1430. The molecule has 0 saturated carbocycles. The van der Waals surface area contributed by atoms with Gasteiger partial charge in [0.2, 0.25) is 11.8 Å². The second-order valence-corrected chi connectivity index (χ2v) is 11.7. The zero-order chi connectivity index (χ0) is 29.4. The molecule has 2 aliphatic heterocycles. The highest BCUT2D eigenvalue weighted by atomic mass is 35.5. The van der Waals surface area contributed by atoms with Gasteiger partial charge in [-0.05, 0) is 38.1 Å². The Morgan fingerprint density at radius 3 is 2.32 bits per heavy atom. The summed E-state index contributed by atoms with van der Waals surface area (Å²) >= 11 is 18.8. The highest BCUT2D eigenvalue weighted by molar-refractivity contribution is 6.40. The van der Waals surface area contributed by atoms with Gasteiger partial charge in [-0.2, -0.15) is 0 Å². The average Bonchev–Trinajstić information content (AvgIpc) is 3.55. The van der Waals surface area contributed by atoms with Crippen LogP contribution in [0.15, 0.2) is 36.5 Å². The lowest BCUT2D eigenvalue weighted by Crippen LogP contribution is -2.58. The van der Waals surface area contributed by atoms with Gasteiger partial charge >= 0.3 is 0 Å². The fourth-order valence-corrected chi connectivity index (χ4v) is 6.63. The van der Waals surface area contributed by atoms with Crippen molar-refractivity contribution in [2.45, 2.75) is 38.9 Å². The van der Waals surface area contributed by atoms with Gasteiger partial charge in [0.25, 0.3) is 0 Å². The van der Waals surface area contributed by atoms with Crippen LogP contribution in [0.3, 0.4) is 0 Å². The molecule has 3 aromatic rings. The lowest BCUT2D eigenvalue weighted by Gasteiger charge is -2.44. The molecule has 13 heteroatoms. The Labute approximate surface area is 253 Å². The molecule has 0 aliphatic carbocycles. The molecule has 2 fully saturated rings. The fraction of sp³-hybridized carbons (Fsp3) is 0.429. The number of piperazine rings is 1. The smallest absolute Gasteiger partial charge is 0.228 e. The number of methoxy groups -OCH3 is 2. The third-order valence-electron chi connectivity index (χ3n) is 7.66. The average molecular weight is 622 g/mol. The second kappa shape index (κ2) is 12.1. The van der Waals surface area contributed by atoms with E-state index in [4.69, 9.17) is 44.3 Å². The van der Waals surface area contributed by atoms with E-state index in [1.165, 1.54) is 0 Å². The third-order valence-corrected chi connectivity index (χ3v) is 8.45. The zero-order valence-corrected chi connectivity index (χ0v) is 25.4. The van der Waals surface area contributed by atoms with E-state index < -0.39 is 5.92 Å². The minimum atomic E-state index is -0.432. The van der Waals surface area contributed by atoms with Gasteiger partial charge in [-0.1, -0.05) is 40.0 Å². The van der Waals surface area contributed by atoms with E-state index in [1.54, 1.807) is 60.3 Å². The van der Waals surface area contributed by atoms with Gasteiger partial charge < -0.3 is 19.3 Å². The van der Waals surface area contributed by atoms with E-state index in [0.29, 0.717) is 64.1 Å².